The number of rotatable bonds is 11. The van der Waals surface area contributed by atoms with Crippen molar-refractivity contribution in [3.05, 3.63) is 81.5 Å². The number of hydrogen-bond donors (Lipinski definition) is 0. The number of halogens is 1. The zero-order valence-corrected chi connectivity index (χ0v) is 23.6. The lowest BCUT2D eigenvalue weighted by Crippen LogP contribution is -2.49. The van der Waals surface area contributed by atoms with E-state index in [1.807, 2.05) is 37.2 Å². The molecular weight excluding hydrogens is 538 g/mol. The number of amides is 1. The summed E-state index contributed by atoms with van der Waals surface area (Å²) in [5.41, 5.74) is 2.15. The lowest BCUT2D eigenvalue weighted by molar-refractivity contribution is -0.384. The van der Waals surface area contributed by atoms with Gasteiger partial charge in [0.25, 0.3) is 5.69 Å². The number of likely N-dealkylation sites (N-methyl/N-ethyl adjacent to an activating group) is 1. The maximum Gasteiger partial charge on any atom is 0.269 e. The fourth-order valence-electron chi connectivity index (χ4n) is 4.23. The van der Waals surface area contributed by atoms with Crippen LogP contribution in [0.2, 0.25) is 5.15 Å². The van der Waals surface area contributed by atoms with Crippen molar-refractivity contribution in [3.63, 3.8) is 0 Å². The van der Waals surface area contributed by atoms with Gasteiger partial charge in [0.05, 0.1) is 10.7 Å². The van der Waals surface area contributed by atoms with Gasteiger partial charge in [-0.2, -0.15) is 0 Å². The molecule has 206 valence electrons. The van der Waals surface area contributed by atoms with Crippen LogP contribution < -0.4 is 9.80 Å². The quantitative estimate of drug-likeness (QED) is 0.111. The molecular formula is C27H32ClN7O3S. The van der Waals surface area contributed by atoms with Gasteiger partial charge in [0.1, 0.15) is 11.0 Å². The van der Waals surface area contributed by atoms with Crippen molar-refractivity contribution in [2.45, 2.75) is 11.7 Å². The standard InChI is InChI=1S/C27H32ClN7O3S/c1-31(2)12-13-34(19-21-6-4-3-5-7-21)25-18-24(28)29-27(30-25)39-20-26(36)33-16-14-32(15-17-33)22-8-10-23(11-9-22)35(37)38/h3-11,18H,12-17,19-20H2,1-2H3. The molecule has 4 rings (SSSR count). The highest BCUT2D eigenvalue weighted by molar-refractivity contribution is 7.99. The van der Waals surface area contributed by atoms with Crippen LogP contribution in [0, 0.1) is 10.1 Å². The number of carbonyl (C=O) groups is 1. The Bertz CT molecular complexity index is 1260. The van der Waals surface area contributed by atoms with Gasteiger partial charge in [0.2, 0.25) is 5.91 Å². The summed E-state index contributed by atoms with van der Waals surface area (Å²) in [5.74, 6) is 0.961. The van der Waals surface area contributed by atoms with E-state index in [1.165, 1.54) is 29.5 Å². The second-order valence-corrected chi connectivity index (χ2v) is 10.8. The highest BCUT2D eigenvalue weighted by atomic mass is 35.5. The van der Waals surface area contributed by atoms with Crippen LogP contribution in [0.15, 0.2) is 65.8 Å². The van der Waals surface area contributed by atoms with Gasteiger partial charge in [-0.1, -0.05) is 53.7 Å². The molecule has 0 unspecified atom stereocenters. The molecule has 1 aliphatic heterocycles. The molecule has 2 aromatic carbocycles. The molecule has 12 heteroatoms. The molecule has 39 heavy (non-hydrogen) atoms. The zero-order chi connectivity index (χ0) is 27.8. The summed E-state index contributed by atoms with van der Waals surface area (Å²) in [7, 11) is 4.07. The van der Waals surface area contributed by atoms with Gasteiger partial charge in [-0.05, 0) is 31.8 Å². The predicted octanol–water partition coefficient (Wildman–Crippen LogP) is 4.05. The fourth-order valence-corrected chi connectivity index (χ4v) is 5.21. The average Bonchev–Trinajstić information content (AvgIpc) is 2.94. The Morgan fingerprint density at radius 2 is 1.72 bits per heavy atom. The first-order chi connectivity index (χ1) is 18.8. The number of thioether (sulfide) groups is 1. The topological polar surface area (TPSA) is 99.0 Å². The highest BCUT2D eigenvalue weighted by Gasteiger charge is 2.22. The van der Waals surface area contributed by atoms with Gasteiger partial charge in [-0.25, -0.2) is 9.97 Å². The Balaban J connectivity index is 1.35. The van der Waals surface area contributed by atoms with Crippen molar-refractivity contribution < 1.29 is 9.72 Å². The number of nitro benzene ring substituents is 1. The molecule has 1 aromatic heterocycles. The van der Waals surface area contributed by atoms with Crippen molar-refractivity contribution in [2.24, 2.45) is 0 Å². The van der Waals surface area contributed by atoms with E-state index in [2.05, 4.69) is 31.8 Å². The first kappa shape index (κ1) is 28.6. The van der Waals surface area contributed by atoms with Crippen LogP contribution >= 0.6 is 23.4 Å². The number of piperazine rings is 1. The largest absolute Gasteiger partial charge is 0.368 e. The normalized spacial score (nSPS) is 13.5. The van der Waals surface area contributed by atoms with Gasteiger partial charge in [-0.15, -0.1) is 0 Å². The number of aromatic nitrogens is 2. The second kappa shape index (κ2) is 13.6. The van der Waals surface area contributed by atoms with Crippen molar-refractivity contribution in [3.8, 4) is 0 Å². The second-order valence-electron chi connectivity index (χ2n) is 9.47. The predicted molar refractivity (Wildman–Crippen MR) is 156 cm³/mol. The van der Waals surface area contributed by atoms with Crippen LogP contribution in [0.25, 0.3) is 0 Å². The van der Waals surface area contributed by atoms with E-state index >= 15 is 0 Å². The van der Waals surface area contributed by atoms with Crippen molar-refractivity contribution in [1.82, 2.24) is 19.8 Å². The van der Waals surface area contributed by atoms with Gasteiger partial charge in [0.15, 0.2) is 5.16 Å². The summed E-state index contributed by atoms with van der Waals surface area (Å²) < 4.78 is 0. The molecule has 0 bridgehead atoms. The first-order valence-corrected chi connectivity index (χ1v) is 14.0. The third kappa shape index (κ3) is 8.29. The third-order valence-corrected chi connectivity index (χ3v) is 7.43. The van der Waals surface area contributed by atoms with E-state index in [0.717, 1.165) is 24.6 Å². The summed E-state index contributed by atoms with van der Waals surface area (Å²) in [6.07, 6.45) is 0. The Hall–Kier alpha value is -3.41. The van der Waals surface area contributed by atoms with E-state index in [-0.39, 0.29) is 17.3 Å². The molecule has 1 fully saturated rings. The lowest BCUT2D eigenvalue weighted by Gasteiger charge is -2.36. The molecule has 1 amide bonds. The molecule has 10 nitrogen and oxygen atoms in total. The van der Waals surface area contributed by atoms with Gasteiger partial charge >= 0.3 is 0 Å². The van der Waals surface area contributed by atoms with Crippen molar-refractivity contribution >= 4 is 46.5 Å². The van der Waals surface area contributed by atoms with Crippen LogP contribution in [0.5, 0.6) is 0 Å². The third-order valence-electron chi connectivity index (χ3n) is 6.40. The van der Waals surface area contributed by atoms with E-state index in [9.17, 15) is 14.9 Å². The minimum Gasteiger partial charge on any atom is -0.368 e. The molecule has 0 atom stereocenters. The number of nitrogens with zero attached hydrogens (tertiary/aromatic N) is 7. The summed E-state index contributed by atoms with van der Waals surface area (Å²) in [5, 5.41) is 11.7. The lowest BCUT2D eigenvalue weighted by atomic mass is 10.2. The number of nitro groups is 1. The Morgan fingerprint density at radius 3 is 2.36 bits per heavy atom. The van der Waals surface area contributed by atoms with E-state index in [4.69, 9.17) is 16.6 Å². The number of non-ortho nitro benzene ring substituents is 1. The van der Waals surface area contributed by atoms with Crippen LogP contribution in [-0.2, 0) is 11.3 Å². The first-order valence-electron chi connectivity index (χ1n) is 12.7. The van der Waals surface area contributed by atoms with Crippen LogP contribution in [0.4, 0.5) is 17.2 Å². The molecule has 0 saturated carbocycles. The monoisotopic (exact) mass is 569 g/mol. The Kier molecular flexibility index (Phi) is 9.96. The molecule has 0 radical (unpaired) electrons. The van der Waals surface area contributed by atoms with Gasteiger partial charge in [-0.3, -0.25) is 14.9 Å². The highest BCUT2D eigenvalue weighted by Crippen LogP contribution is 2.25. The summed E-state index contributed by atoms with van der Waals surface area (Å²) >= 11 is 7.67. The summed E-state index contributed by atoms with van der Waals surface area (Å²) in [6, 6.07) is 18.5. The maximum absolute atomic E-state index is 13.0. The van der Waals surface area contributed by atoms with E-state index < -0.39 is 4.92 Å². The van der Waals surface area contributed by atoms with Gasteiger partial charge in [0, 0.05) is 69.7 Å². The molecule has 1 saturated heterocycles. The van der Waals surface area contributed by atoms with E-state index in [0.29, 0.717) is 43.0 Å². The zero-order valence-electron chi connectivity index (χ0n) is 22.1. The van der Waals surface area contributed by atoms with Crippen molar-refractivity contribution in [1.29, 1.82) is 0 Å². The van der Waals surface area contributed by atoms with Gasteiger partial charge < -0.3 is 19.6 Å². The molecule has 3 aromatic rings. The number of benzene rings is 2. The minimum atomic E-state index is -0.407. The Morgan fingerprint density at radius 1 is 1.03 bits per heavy atom. The maximum atomic E-state index is 13.0. The molecule has 2 heterocycles. The molecule has 1 aliphatic rings. The summed E-state index contributed by atoms with van der Waals surface area (Å²) in [6.45, 7) is 4.77. The smallest absolute Gasteiger partial charge is 0.269 e. The minimum absolute atomic E-state index is 0.0159. The molecule has 0 aliphatic carbocycles. The van der Waals surface area contributed by atoms with Crippen LogP contribution in [0.3, 0.4) is 0 Å². The number of carbonyl (C=O) groups excluding carboxylic acids is 1. The van der Waals surface area contributed by atoms with Crippen molar-refractivity contribution in [2.75, 3.05) is 68.9 Å². The SMILES string of the molecule is CN(C)CCN(Cc1ccccc1)c1cc(Cl)nc(SCC(=O)N2CCN(c3ccc([N+](=O)[O-])cc3)CC2)n1. The fraction of sp³-hybridized carbons (Fsp3) is 0.370. The summed E-state index contributed by atoms with van der Waals surface area (Å²) in [4.78, 5) is 40.8. The Labute approximate surface area is 237 Å². The molecule has 0 N–H and O–H groups in total. The van der Waals surface area contributed by atoms with Crippen LogP contribution in [-0.4, -0.2) is 89.7 Å². The number of hydrogen-bond acceptors (Lipinski definition) is 9. The average molecular weight is 570 g/mol. The molecule has 0 spiro atoms. The van der Waals surface area contributed by atoms with E-state index in [1.54, 1.807) is 18.2 Å². The number of anilines is 2. The van der Waals surface area contributed by atoms with Crippen LogP contribution in [0.1, 0.15) is 5.56 Å².